The molecule has 0 bridgehead atoms. The van der Waals surface area contributed by atoms with Crippen LogP contribution < -0.4 is 5.32 Å². The molecule has 1 aliphatic rings. The van der Waals surface area contributed by atoms with Crippen molar-refractivity contribution in [3.63, 3.8) is 0 Å². The van der Waals surface area contributed by atoms with Gasteiger partial charge in [0.1, 0.15) is 0 Å². The van der Waals surface area contributed by atoms with Gasteiger partial charge in [0.25, 0.3) is 0 Å². The number of unbranched alkanes of at least 4 members (excludes halogenated alkanes) is 13. The van der Waals surface area contributed by atoms with Crippen molar-refractivity contribution in [1.82, 2.24) is 10.4 Å². The zero-order valence-electron chi connectivity index (χ0n) is 15.8. The van der Waals surface area contributed by atoms with Crippen LogP contribution in [0.3, 0.4) is 0 Å². The second-order valence-electron chi connectivity index (χ2n) is 7.11. The summed E-state index contributed by atoms with van der Waals surface area (Å²) < 4.78 is 0. The van der Waals surface area contributed by atoms with Crippen LogP contribution in [0.15, 0.2) is 0 Å². The molecule has 23 heavy (non-hydrogen) atoms. The Labute approximate surface area is 145 Å². The van der Waals surface area contributed by atoms with E-state index in [0.29, 0.717) is 0 Å². The van der Waals surface area contributed by atoms with Crippen LogP contribution in [-0.4, -0.2) is 37.8 Å². The van der Waals surface area contributed by atoms with Gasteiger partial charge in [0, 0.05) is 26.2 Å². The predicted molar refractivity (Wildman–Crippen MR) is 101 cm³/mol. The third-order valence-corrected chi connectivity index (χ3v) is 4.85. The summed E-state index contributed by atoms with van der Waals surface area (Å²) in [6.45, 7) is 7.42. The molecule has 0 unspecified atom stereocenters. The summed E-state index contributed by atoms with van der Waals surface area (Å²) in [4.78, 5) is 5.78. The van der Waals surface area contributed by atoms with Gasteiger partial charge in [0.2, 0.25) is 0 Å². The zero-order chi connectivity index (χ0) is 16.4. The van der Waals surface area contributed by atoms with Gasteiger partial charge in [-0.15, -0.1) is 0 Å². The van der Waals surface area contributed by atoms with Crippen LogP contribution in [0.5, 0.6) is 0 Å². The molecule has 1 fully saturated rings. The van der Waals surface area contributed by atoms with Crippen LogP contribution in [0.25, 0.3) is 0 Å². The Morgan fingerprint density at radius 1 is 0.652 bits per heavy atom. The summed E-state index contributed by atoms with van der Waals surface area (Å²) in [7, 11) is 0. The van der Waals surface area contributed by atoms with Gasteiger partial charge in [-0.2, -0.15) is 5.06 Å². The summed E-state index contributed by atoms with van der Waals surface area (Å²) >= 11 is 0. The lowest BCUT2D eigenvalue weighted by Gasteiger charge is -2.26. The van der Waals surface area contributed by atoms with Crippen LogP contribution >= 0.6 is 0 Å². The lowest BCUT2D eigenvalue weighted by Crippen LogP contribution is -2.43. The molecule has 0 atom stereocenters. The Balaban J connectivity index is 1.67. The van der Waals surface area contributed by atoms with Crippen LogP contribution in [0.1, 0.15) is 96.8 Å². The first-order valence-corrected chi connectivity index (χ1v) is 10.5. The van der Waals surface area contributed by atoms with E-state index in [4.69, 9.17) is 4.84 Å². The molecule has 0 aromatic heterocycles. The van der Waals surface area contributed by atoms with Crippen LogP contribution in [0, 0.1) is 0 Å². The van der Waals surface area contributed by atoms with E-state index in [0.717, 1.165) is 32.8 Å². The first-order valence-electron chi connectivity index (χ1n) is 10.5. The Bertz CT molecular complexity index is 230. The molecule has 1 rings (SSSR count). The highest BCUT2D eigenvalue weighted by molar-refractivity contribution is 4.60. The van der Waals surface area contributed by atoms with Crippen LogP contribution in [0.4, 0.5) is 0 Å². The van der Waals surface area contributed by atoms with E-state index in [1.54, 1.807) is 0 Å². The summed E-state index contributed by atoms with van der Waals surface area (Å²) in [5.74, 6) is 0. The highest BCUT2D eigenvalue weighted by atomic mass is 16.7. The molecule has 0 amide bonds. The van der Waals surface area contributed by atoms with Crippen molar-refractivity contribution in [2.24, 2.45) is 0 Å². The van der Waals surface area contributed by atoms with Crippen molar-refractivity contribution in [1.29, 1.82) is 0 Å². The Morgan fingerprint density at radius 3 is 1.57 bits per heavy atom. The summed E-state index contributed by atoms with van der Waals surface area (Å²) in [6, 6.07) is 0. The average Bonchev–Trinajstić information content (AvgIpc) is 2.59. The topological polar surface area (TPSA) is 24.5 Å². The standard InChI is InChI=1S/C20H42N2O/c1-2-3-4-5-6-7-8-9-10-11-12-13-14-15-20-23-22-18-16-21-17-19-22/h21H,2-20H2,1H3. The van der Waals surface area contributed by atoms with E-state index in [1.165, 1.54) is 89.9 Å². The molecule has 0 aromatic rings. The van der Waals surface area contributed by atoms with Gasteiger partial charge in [0.15, 0.2) is 0 Å². The van der Waals surface area contributed by atoms with E-state index in [-0.39, 0.29) is 0 Å². The van der Waals surface area contributed by atoms with E-state index in [9.17, 15) is 0 Å². The smallest absolute Gasteiger partial charge is 0.0685 e. The van der Waals surface area contributed by atoms with E-state index in [1.807, 2.05) is 0 Å². The molecule has 1 N–H and O–H groups in total. The molecule has 138 valence electrons. The second-order valence-corrected chi connectivity index (χ2v) is 7.11. The van der Waals surface area contributed by atoms with Gasteiger partial charge in [-0.05, 0) is 6.42 Å². The summed E-state index contributed by atoms with van der Waals surface area (Å²) in [5, 5.41) is 5.47. The molecule has 1 saturated heterocycles. The maximum Gasteiger partial charge on any atom is 0.0685 e. The molecule has 0 spiro atoms. The molecule has 3 nitrogen and oxygen atoms in total. The normalized spacial score (nSPS) is 16.0. The molecule has 3 heteroatoms. The highest BCUT2D eigenvalue weighted by Gasteiger charge is 2.08. The number of rotatable bonds is 16. The summed E-state index contributed by atoms with van der Waals surface area (Å²) in [5.41, 5.74) is 0. The molecule has 0 saturated carbocycles. The lowest BCUT2D eigenvalue weighted by molar-refractivity contribution is -0.165. The van der Waals surface area contributed by atoms with E-state index in [2.05, 4.69) is 17.3 Å². The van der Waals surface area contributed by atoms with Crippen molar-refractivity contribution in [2.45, 2.75) is 96.8 Å². The van der Waals surface area contributed by atoms with Gasteiger partial charge in [-0.3, -0.25) is 4.84 Å². The third-order valence-electron chi connectivity index (χ3n) is 4.85. The number of hydroxylamine groups is 2. The van der Waals surface area contributed by atoms with Crippen molar-refractivity contribution in [3.05, 3.63) is 0 Å². The Hall–Kier alpha value is -0.120. The molecular weight excluding hydrogens is 284 g/mol. The number of nitrogens with zero attached hydrogens (tertiary/aromatic N) is 1. The molecule has 0 radical (unpaired) electrons. The van der Waals surface area contributed by atoms with E-state index >= 15 is 0 Å². The largest absolute Gasteiger partial charge is 0.314 e. The minimum absolute atomic E-state index is 0.915. The van der Waals surface area contributed by atoms with Gasteiger partial charge < -0.3 is 5.32 Å². The van der Waals surface area contributed by atoms with Crippen LogP contribution in [-0.2, 0) is 4.84 Å². The maximum absolute atomic E-state index is 5.78. The zero-order valence-corrected chi connectivity index (χ0v) is 15.8. The monoisotopic (exact) mass is 326 g/mol. The first-order chi connectivity index (χ1) is 11.4. The van der Waals surface area contributed by atoms with Gasteiger partial charge >= 0.3 is 0 Å². The van der Waals surface area contributed by atoms with Crippen LogP contribution in [0.2, 0.25) is 0 Å². The lowest BCUT2D eigenvalue weighted by atomic mass is 10.0. The fourth-order valence-corrected chi connectivity index (χ4v) is 3.26. The van der Waals surface area contributed by atoms with Crippen molar-refractivity contribution in [2.75, 3.05) is 32.8 Å². The highest BCUT2D eigenvalue weighted by Crippen LogP contribution is 2.13. The summed E-state index contributed by atoms with van der Waals surface area (Å²) in [6.07, 6.45) is 19.8. The number of hydrogen-bond acceptors (Lipinski definition) is 3. The molecular formula is C20H42N2O. The second kappa shape index (κ2) is 16.7. The van der Waals surface area contributed by atoms with Gasteiger partial charge in [-0.1, -0.05) is 90.4 Å². The molecule has 1 heterocycles. The first kappa shape index (κ1) is 20.9. The molecule has 0 aliphatic carbocycles. The SMILES string of the molecule is CCCCCCCCCCCCCCCCON1CCNCC1. The number of nitrogens with one attached hydrogen (secondary N) is 1. The quantitative estimate of drug-likeness (QED) is 0.389. The van der Waals surface area contributed by atoms with Crippen molar-refractivity contribution in [3.8, 4) is 0 Å². The van der Waals surface area contributed by atoms with Crippen molar-refractivity contribution < 1.29 is 4.84 Å². The van der Waals surface area contributed by atoms with Crippen molar-refractivity contribution >= 4 is 0 Å². The maximum atomic E-state index is 5.78. The molecule has 0 aromatic carbocycles. The van der Waals surface area contributed by atoms with Gasteiger partial charge in [-0.25, -0.2) is 0 Å². The Kier molecular flexibility index (Phi) is 15.2. The minimum Gasteiger partial charge on any atom is -0.314 e. The number of hydrogen-bond donors (Lipinski definition) is 1. The average molecular weight is 327 g/mol. The Morgan fingerprint density at radius 2 is 1.09 bits per heavy atom. The molecule has 1 aliphatic heterocycles. The fourth-order valence-electron chi connectivity index (χ4n) is 3.26. The van der Waals surface area contributed by atoms with Gasteiger partial charge in [0.05, 0.1) is 6.61 Å². The minimum atomic E-state index is 0.915. The van der Waals surface area contributed by atoms with E-state index < -0.39 is 0 Å². The fraction of sp³-hybridized carbons (Fsp3) is 1.00. The predicted octanol–water partition coefficient (Wildman–Crippen LogP) is 5.30. The number of piperazine rings is 1. The third kappa shape index (κ3) is 14.0.